The highest BCUT2D eigenvalue weighted by Gasteiger charge is 2.38. The summed E-state index contributed by atoms with van der Waals surface area (Å²) in [6.07, 6.45) is 2.15. The minimum Gasteiger partial charge on any atom is -0.481 e. The summed E-state index contributed by atoms with van der Waals surface area (Å²) in [5.74, 6) is -3.36. The van der Waals surface area contributed by atoms with Gasteiger partial charge in [0.25, 0.3) is 32.1 Å². The third-order valence-electron chi connectivity index (χ3n) is 8.06. The number of pyridine rings is 1. The van der Waals surface area contributed by atoms with E-state index in [4.69, 9.17) is 14.7 Å². The Morgan fingerprint density at radius 1 is 0.894 bits per heavy atom. The van der Waals surface area contributed by atoms with Gasteiger partial charge in [0, 0.05) is 46.3 Å². The van der Waals surface area contributed by atoms with Crippen LogP contribution < -0.4 is 10.6 Å². The summed E-state index contributed by atoms with van der Waals surface area (Å²) in [6, 6.07) is 6.82. The van der Waals surface area contributed by atoms with Crippen LogP contribution in [0.15, 0.2) is 34.6 Å². The lowest BCUT2D eigenvalue weighted by molar-refractivity contribution is -0.137. The van der Waals surface area contributed by atoms with E-state index >= 15 is 0 Å². The molecule has 2 amide bonds. The highest BCUT2D eigenvalue weighted by atomic mass is 32.2. The normalized spacial score (nSPS) is 16.1. The molecular formula is C30H36N4O10S3. The Kier molecular flexibility index (Phi) is 11.2. The van der Waals surface area contributed by atoms with Gasteiger partial charge in [-0.15, -0.1) is 11.3 Å². The molecule has 47 heavy (non-hydrogen) atoms. The average Bonchev–Trinajstić information content (AvgIpc) is 3.55. The van der Waals surface area contributed by atoms with Gasteiger partial charge in [0.15, 0.2) is 0 Å². The molecule has 1 unspecified atom stereocenters. The topological polar surface area (TPSA) is 229 Å². The highest BCUT2D eigenvalue weighted by molar-refractivity contribution is 7.86. The standard InChI is InChI=1S/C30H36N4O10S3/c1-18-30(2,9-6-13-46(39,40)41)22-17-21(27-20(8-12-45-27)26(22)33-18)19-15-23(28(37)31-10-5-3-4-7-25(35)36)34-24(16-19)29(38)32-11-14-47(42,43)44/h8,12,15-17H,3-7,9-11,13-14H2,1-2H3,(H,31,37)(H,32,38)(H,35,36)(H,39,40,41)(H,42,43,44). The number of nitrogens with one attached hydrogen (secondary N) is 2. The van der Waals surface area contributed by atoms with Gasteiger partial charge in [-0.3, -0.25) is 28.5 Å². The van der Waals surface area contributed by atoms with E-state index in [1.807, 2.05) is 31.4 Å². The lowest BCUT2D eigenvalue weighted by Crippen LogP contribution is -2.31. The fourth-order valence-corrected chi connectivity index (χ4v) is 7.27. The largest absolute Gasteiger partial charge is 0.481 e. The summed E-state index contributed by atoms with van der Waals surface area (Å²) in [4.78, 5) is 46.2. The van der Waals surface area contributed by atoms with Crippen LogP contribution in [0.4, 0.5) is 5.69 Å². The zero-order chi connectivity index (χ0) is 34.6. The Bertz CT molecular complexity index is 1950. The molecule has 1 atom stereocenters. The predicted molar refractivity (Wildman–Crippen MR) is 178 cm³/mol. The van der Waals surface area contributed by atoms with Gasteiger partial charge in [-0.1, -0.05) is 13.3 Å². The number of hydrogen-bond acceptors (Lipinski definition) is 10. The van der Waals surface area contributed by atoms with E-state index in [0.717, 1.165) is 27.0 Å². The fraction of sp³-hybridized carbons (Fsp3) is 0.433. The number of hydrogen-bond donors (Lipinski definition) is 5. The predicted octanol–water partition coefficient (Wildman–Crippen LogP) is 3.99. The third-order valence-corrected chi connectivity index (χ3v) is 10.5. The number of amides is 2. The maximum atomic E-state index is 13.2. The zero-order valence-electron chi connectivity index (χ0n) is 25.8. The van der Waals surface area contributed by atoms with E-state index in [1.165, 1.54) is 23.5 Å². The van der Waals surface area contributed by atoms with Crippen molar-refractivity contribution in [2.24, 2.45) is 4.99 Å². The number of carboxylic acid groups (broad SMARTS) is 1. The summed E-state index contributed by atoms with van der Waals surface area (Å²) >= 11 is 1.43. The Labute approximate surface area is 276 Å². The summed E-state index contributed by atoms with van der Waals surface area (Å²) in [6.45, 7) is 3.65. The van der Waals surface area contributed by atoms with Gasteiger partial charge in [0.05, 0.1) is 17.2 Å². The van der Waals surface area contributed by atoms with E-state index < -0.39 is 61.5 Å². The van der Waals surface area contributed by atoms with Crippen molar-refractivity contribution < 1.29 is 45.4 Å². The minimum absolute atomic E-state index is 0.0235. The molecule has 4 rings (SSSR count). The first-order valence-corrected chi connectivity index (χ1v) is 18.9. The van der Waals surface area contributed by atoms with Crippen molar-refractivity contribution in [3.63, 3.8) is 0 Å². The van der Waals surface area contributed by atoms with Crippen LogP contribution in [0.1, 0.15) is 78.9 Å². The van der Waals surface area contributed by atoms with E-state index in [0.29, 0.717) is 36.8 Å². The first-order chi connectivity index (χ1) is 22.0. The number of rotatable bonds is 16. The molecule has 17 heteroatoms. The Balaban J connectivity index is 1.73. The maximum Gasteiger partial charge on any atom is 0.303 e. The SMILES string of the molecule is CC1=Nc2c(cc(-c3cc(C(=O)NCCCCCC(=O)O)nc(C(=O)NCCS(=O)(=O)O)c3)c3sccc23)C1(C)CCCS(=O)(=O)O. The molecule has 1 aliphatic rings. The monoisotopic (exact) mass is 708 g/mol. The molecule has 0 fully saturated rings. The maximum absolute atomic E-state index is 13.2. The summed E-state index contributed by atoms with van der Waals surface area (Å²) in [5.41, 5.74) is 2.52. The van der Waals surface area contributed by atoms with Gasteiger partial charge in [-0.05, 0) is 73.4 Å². The second-order valence-corrected chi connectivity index (χ2v) is 15.6. The first-order valence-electron chi connectivity index (χ1n) is 14.8. The fourth-order valence-electron chi connectivity index (χ4n) is 5.47. The van der Waals surface area contributed by atoms with Gasteiger partial charge in [-0.25, -0.2) is 4.98 Å². The first kappa shape index (κ1) is 36.1. The van der Waals surface area contributed by atoms with Gasteiger partial charge in [0.1, 0.15) is 11.4 Å². The molecular weight excluding hydrogens is 673 g/mol. The number of carbonyl (C=O) groups excluding carboxylic acids is 2. The smallest absolute Gasteiger partial charge is 0.303 e. The summed E-state index contributed by atoms with van der Waals surface area (Å²) in [7, 11) is -8.50. The Morgan fingerprint density at radius 2 is 1.53 bits per heavy atom. The van der Waals surface area contributed by atoms with Crippen LogP contribution in [-0.4, -0.2) is 84.1 Å². The Morgan fingerprint density at radius 3 is 2.15 bits per heavy atom. The number of fused-ring (bicyclic) bond motifs is 3. The molecule has 14 nitrogen and oxygen atoms in total. The van der Waals surface area contributed by atoms with Crippen molar-refractivity contribution in [2.75, 3.05) is 24.6 Å². The van der Waals surface area contributed by atoms with Crippen LogP contribution in [0.3, 0.4) is 0 Å². The summed E-state index contributed by atoms with van der Waals surface area (Å²) < 4.78 is 64.4. The quantitative estimate of drug-likeness (QED) is 0.106. The molecule has 254 valence electrons. The molecule has 0 bridgehead atoms. The molecule has 3 aromatic rings. The molecule has 0 spiro atoms. The van der Waals surface area contributed by atoms with Crippen LogP contribution in [0.5, 0.6) is 0 Å². The van der Waals surface area contributed by atoms with Crippen LogP contribution >= 0.6 is 11.3 Å². The number of nitrogens with zero attached hydrogens (tertiary/aromatic N) is 2. The lowest BCUT2D eigenvalue weighted by atomic mass is 9.75. The van der Waals surface area contributed by atoms with Crippen LogP contribution in [0, 0.1) is 0 Å². The number of aliphatic imine (C=N–C) groups is 1. The van der Waals surface area contributed by atoms with Gasteiger partial charge < -0.3 is 15.7 Å². The zero-order valence-corrected chi connectivity index (χ0v) is 28.2. The Hall–Kier alpha value is -3.77. The molecule has 1 aromatic carbocycles. The molecule has 0 aliphatic carbocycles. The van der Waals surface area contributed by atoms with Crippen molar-refractivity contribution in [2.45, 2.75) is 57.8 Å². The molecule has 5 N–H and O–H groups in total. The second kappa shape index (κ2) is 14.6. The van der Waals surface area contributed by atoms with E-state index in [1.54, 1.807) is 0 Å². The van der Waals surface area contributed by atoms with Gasteiger partial charge >= 0.3 is 5.97 Å². The van der Waals surface area contributed by atoms with Crippen LogP contribution in [-0.2, 0) is 30.4 Å². The molecule has 0 radical (unpaired) electrons. The van der Waals surface area contributed by atoms with Crippen LogP contribution in [0.25, 0.3) is 21.2 Å². The van der Waals surface area contributed by atoms with Crippen molar-refractivity contribution in [3.8, 4) is 11.1 Å². The number of carbonyl (C=O) groups is 3. The molecule has 2 aromatic heterocycles. The number of unbranched alkanes of at least 4 members (excludes halogenated alkanes) is 2. The number of carboxylic acids is 1. The molecule has 0 saturated carbocycles. The molecule has 0 saturated heterocycles. The number of aromatic nitrogens is 1. The van der Waals surface area contributed by atoms with Crippen molar-refractivity contribution in [3.05, 3.63) is 46.6 Å². The van der Waals surface area contributed by atoms with E-state index in [2.05, 4.69) is 15.6 Å². The van der Waals surface area contributed by atoms with Crippen molar-refractivity contribution in [1.82, 2.24) is 15.6 Å². The van der Waals surface area contributed by atoms with E-state index in [9.17, 15) is 35.8 Å². The second-order valence-electron chi connectivity index (χ2n) is 11.5. The minimum atomic E-state index is -4.34. The number of aliphatic carboxylic acids is 1. The van der Waals surface area contributed by atoms with Gasteiger partial charge in [0.2, 0.25) is 0 Å². The van der Waals surface area contributed by atoms with Crippen molar-refractivity contribution >= 4 is 70.8 Å². The highest BCUT2D eigenvalue weighted by Crippen LogP contribution is 2.50. The third kappa shape index (κ3) is 9.19. The van der Waals surface area contributed by atoms with Crippen molar-refractivity contribution in [1.29, 1.82) is 0 Å². The summed E-state index contributed by atoms with van der Waals surface area (Å²) in [5, 5.41) is 16.7. The van der Waals surface area contributed by atoms with Gasteiger partial charge in [-0.2, -0.15) is 16.8 Å². The molecule has 3 heterocycles. The molecule has 1 aliphatic heterocycles. The number of benzene rings is 1. The van der Waals surface area contributed by atoms with E-state index in [-0.39, 0.29) is 30.8 Å². The van der Waals surface area contributed by atoms with Crippen LogP contribution in [0.2, 0.25) is 0 Å². The average molecular weight is 709 g/mol. The number of thiophene rings is 1. The lowest BCUT2D eigenvalue weighted by Gasteiger charge is -2.27.